The van der Waals surface area contributed by atoms with Gasteiger partial charge in [0.1, 0.15) is 5.75 Å². The average molecular weight is 283 g/mol. The summed E-state index contributed by atoms with van der Waals surface area (Å²) in [7, 11) is 1.73. The maximum atomic E-state index is 5.30. The third-order valence-corrected chi connectivity index (χ3v) is 4.35. The van der Waals surface area contributed by atoms with Gasteiger partial charge in [-0.05, 0) is 42.4 Å². The maximum Gasteiger partial charge on any atom is 0.119 e. The predicted molar refractivity (Wildman–Crippen MR) is 71.5 cm³/mol. The highest BCUT2D eigenvalue weighted by molar-refractivity contribution is 9.09. The molecule has 1 fully saturated rings. The molecule has 0 bridgehead atoms. The molecule has 2 heteroatoms. The second-order valence-electron chi connectivity index (χ2n) is 4.58. The molecule has 1 saturated carbocycles. The highest BCUT2D eigenvalue weighted by atomic mass is 79.9. The Morgan fingerprint density at radius 1 is 1.38 bits per heavy atom. The van der Waals surface area contributed by atoms with Gasteiger partial charge in [-0.25, -0.2) is 0 Å². The van der Waals surface area contributed by atoms with Crippen LogP contribution in [-0.4, -0.2) is 12.4 Å². The molecule has 0 N–H and O–H groups in total. The second kappa shape index (κ2) is 5.72. The summed E-state index contributed by atoms with van der Waals surface area (Å²) < 4.78 is 5.30. The molecule has 16 heavy (non-hydrogen) atoms. The van der Waals surface area contributed by atoms with E-state index in [0.29, 0.717) is 5.92 Å². The summed E-state index contributed by atoms with van der Waals surface area (Å²) in [6.45, 7) is 0. The van der Waals surface area contributed by atoms with Gasteiger partial charge in [0, 0.05) is 5.33 Å². The van der Waals surface area contributed by atoms with E-state index < -0.39 is 0 Å². The van der Waals surface area contributed by atoms with E-state index in [2.05, 4.69) is 34.1 Å². The highest BCUT2D eigenvalue weighted by Crippen LogP contribution is 2.39. The van der Waals surface area contributed by atoms with Crippen LogP contribution in [-0.2, 0) is 0 Å². The van der Waals surface area contributed by atoms with E-state index in [-0.39, 0.29) is 0 Å². The first-order valence-corrected chi connectivity index (χ1v) is 7.17. The fraction of sp³-hybridized carbons (Fsp3) is 0.571. The van der Waals surface area contributed by atoms with Gasteiger partial charge >= 0.3 is 0 Å². The summed E-state index contributed by atoms with van der Waals surface area (Å²) in [6, 6.07) is 8.53. The fourth-order valence-electron chi connectivity index (χ4n) is 2.72. The Morgan fingerprint density at radius 3 is 2.75 bits per heavy atom. The minimum atomic E-state index is 0.651. The Labute approximate surface area is 106 Å². The Hall–Kier alpha value is -0.500. The fourth-order valence-corrected chi connectivity index (χ4v) is 3.62. The smallest absolute Gasteiger partial charge is 0.119 e. The van der Waals surface area contributed by atoms with Crippen LogP contribution in [0.2, 0.25) is 0 Å². The first kappa shape index (κ1) is 12.0. The molecular weight excluding hydrogens is 264 g/mol. The number of hydrogen-bond donors (Lipinski definition) is 0. The molecule has 1 aliphatic rings. The van der Waals surface area contributed by atoms with Gasteiger partial charge in [0.05, 0.1) is 7.11 Å². The van der Waals surface area contributed by atoms with E-state index in [1.165, 1.54) is 31.2 Å². The minimum absolute atomic E-state index is 0.651. The zero-order valence-corrected chi connectivity index (χ0v) is 11.4. The van der Waals surface area contributed by atoms with Crippen LogP contribution in [0.4, 0.5) is 0 Å². The number of methoxy groups -OCH3 is 1. The van der Waals surface area contributed by atoms with E-state index in [4.69, 9.17) is 4.74 Å². The number of ether oxygens (including phenoxy) is 1. The molecule has 0 radical (unpaired) electrons. The van der Waals surface area contributed by atoms with Crippen molar-refractivity contribution in [3.05, 3.63) is 29.8 Å². The number of benzene rings is 1. The third-order valence-electron chi connectivity index (χ3n) is 3.66. The van der Waals surface area contributed by atoms with Crippen LogP contribution in [0.3, 0.4) is 0 Å². The van der Waals surface area contributed by atoms with E-state index >= 15 is 0 Å². The van der Waals surface area contributed by atoms with Crippen LogP contribution in [0.15, 0.2) is 24.3 Å². The molecular formula is C14H19BrO. The molecule has 1 aliphatic carbocycles. The Bertz CT molecular complexity index is 331. The van der Waals surface area contributed by atoms with E-state index in [0.717, 1.165) is 17.0 Å². The second-order valence-corrected chi connectivity index (χ2v) is 5.23. The van der Waals surface area contributed by atoms with E-state index in [1.54, 1.807) is 7.11 Å². The molecule has 0 heterocycles. The monoisotopic (exact) mass is 282 g/mol. The molecule has 0 aromatic heterocycles. The Morgan fingerprint density at radius 2 is 2.12 bits per heavy atom. The Balaban J connectivity index is 2.18. The van der Waals surface area contributed by atoms with Gasteiger partial charge in [0.25, 0.3) is 0 Å². The van der Waals surface area contributed by atoms with Crippen LogP contribution >= 0.6 is 15.9 Å². The topological polar surface area (TPSA) is 9.23 Å². The van der Waals surface area contributed by atoms with Crippen molar-refractivity contribution in [1.29, 1.82) is 0 Å². The van der Waals surface area contributed by atoms with Gasteiger partial charge in [-0.3, -0.25) is 0 Å². The molecule has 0 saturated heterocycles. The Kier molecular flexibility index (Phi) is 4.28. The SMILES string of the molecule is COc1cccc(C(CBr)C2CCCC2)c1. The van der Waals surface area contributed by atoms with Crippen molar-refractivity contribution < 1.29 is 4.74 Å². The number of rotatable bonds is 4. The molecule has 2 rings (SSSR count). The van der Waals surface area contributed by atoms with Gasteiger partial charge in [-0.2, -0.15) is 0 Å². The summed E-state index contributed by atoms with van der Waals surface area (Å²) in [4.78, 5) is 0. The number of halogens is 1. The molecule has 1 unspecified atom stereocenters. The minimum Gasteiger partial charge on any atom is -0.497 e. The van der Waals surface area contributed by atoms with E-state index in [9.17, 15) is 0 Å². The summed E-state index contributed by atoms with van der Waals surface area (Å²) in [5.74, 6) is 2.48. The van der Waals surface area contributed by atoms with Crippen LogP contribution in [0.25, 0.3) is 0 Å². The van der Waals surface area contributed by atoms with Gasteiger partial charge < -0.3 is 4.74 Å². The third kappa shape index (κ3) is 2.60. The predicted octanol–water partition coefficient (Wildman–Crippen LogP) is 4.36. The van der Waals surface area contributed by atoms with Crippen LogP contribution in [0, 0.1) is 5.92 Å². The van der Waals surface area contributed by atoms with Crippen molar-refractivity contribution in [2.24, 2.45) is 5.92 Å². The van der Waals surface area contributed by atoms with Gasteiger partial charge in [-0.15, -0.1) is 0 Å². The van der Waals surface area contributed by atoms with Gasteiger partial charge in [0.2, 0.25) is 0 Å². The van der Waals surface area contributed by atoms with Crippen molar-refractivity contribution in [3.63, 3.8) is 0 Å². The lowest BCUT2D eigenvalue weighted by molar-refractivity contribution is 0.411. The molecule has 1 aromatic rings. The molecule has 1 atom stereocenters. The molecule has 1 aromatic carbocycles. The van der Waals surface area contributed by atoms with Crippen molar-refractivity contribution >= 4 is 15.9 Å². The summed E-state index contributed by atoms with van der Waals surface area (Å²) in [6.07, 6.45) is 5.57. The lowest BCUT2D eigenvalue weighted by atomic mass is 9.86. The summed E-state index contributed by atoms with van der Waals surface area (Å²) in [5.41, 5.74) is 1.42. The lowest BCUT2D eigenvalue weighted by Gasteiger charge is -2.22. The van der Waals surface area contributed by atoms with E-state index in [1.807, 2.05) is 6.07 Å². The number of hydrogen-bond acceptors (Lipinski definition) is 1. The maximum absolute atomic E-state index is 5.30. The molecule has 88 valence electrons. The molecule has 0 amide bonds. The van der Waals surface area contributed by atoms with Crippen LogP contribution in [0.1, 0.15) is 37.2 Å². The first-order chi connectivity index (χ1) is 7.85. The van der Waals surface area contributed by atoms with Crippen molar-refractivity contribution in [2.45, 2.75) is 31.6 Å². The van der Waals surface area contributed by atoms with Crippen LogP contribution < -0.4 is 4.74 Å². The lowest BCUT2D eigenvalue weighted by Crippen LogP contribution is -2.11. The highest BCUT2D eigenvalue weighted by Gasteiger charge is 2.25. The quantitative estimate of drug-likeness (QED) is 0.746. The standard InChI is InChI=1S/C14H19BrO/c1-16-13-8-4-7-12(9-13)14(10-15)11-5-2-3-6-11/h4,7-9,11,14H,2-3,5-6,10H2,1H3. The summed E-state index contributed by atoms with van der Waals surface area (Å²) >= 11 is 3.67. The molecule has 0 aliphatic heterocycles. The average Bonchev–Trinajstić information content (AvgIpc) is 2.84. The van der Waals surface area contributed by atoms with Crippen molar-refractivity contribution in [1.82, 2.24) is 0 Å². The van der Waals surface area contributed by atoms with Crippen molar-refractivity contribution in [2.75, 3.05) is 12.4 Å². The van der Waals surface area contributed by atoms with Crippen molar-refractivity contribution in [3.8, 4) is 5.75 Å². The number of alkyl halides is 1. The van der Waals surface area contributed by atoms with Gasteiger partial charge in [-0.1, -0.05) is 40.9 Å². The first-order valence-electron chi connectivity index (χ1n) is 6.05. The normalized spacial score (nSPS) is 18.6. The molecule has 1 nitrogen and oxygen atoms in total. The molecule has 0 spiro atoms. The van der Waals surface area contributed by atoms with Gasteiger partial charge in [0.15, 0.2) is 0 Å². The largest absolute Gasteiger partial charge is 0.497 e. The summed E-state index contributed by atoms with van der Waals surface area (Å²) in [5, 5.41) is 1.06. The zero-order chi connectivity index (χ0) is 11.4. The zero-order valence-electron chi connectivity index (χ0n) is 9.79. The van der Waals surface area contributed by atoms with Crippen LogP contribution in [0.5, 0.6) is 5.75 Å².